The Kier molecular flexibility index (Phi) is 3.36. The van der Waals surface area contributed by atoms with Crippen LogP contribution < -0.4 is 0 Å². The Labute approximate surface area is 98.3 Å². The van der Waals surface area contributed by atoms with Gasteiger partial charge in [-0.1, -0.05) is 19.0 Å². The van der Waals surface area contributed by atoms with E-state index in [2.05, 4.69) is 30.1 Å². The maximum absolute atomic E-state index is 5.22. The smallest absolute Gasteiger partial charge is 0.268 e. The molecule has 0 amide bonds. The molecule has 86 valence electrons. The summed E-state index contributed by atoms with van der Waals surface area (Å²) in [4.78, 5) is 5.35. The minimum atomic E-state index is 0.381. The standard InChI is InChI=1S/C11H14N2O2S/c1-7(2)8-4-5-16-10(8)11-12-9(6-14-3)13-15-11/h4-5,7H,6H2,1-3H3. The third kappa shape index (κ3) is 2.15. The molecule has 16 heavy (non-hydrogen) atoms. The number of aromatic nitrogens is 2. The van der Waals surface area contributed by atoms with Crippen LogP contribution in [-0.2, 0) is 11.3 Å². The monoisotopic (exact) mass is 238 g/mol. The van der Waals surface area contributed by atoms with Gasteiger partial charge < -0.3 is 9.26 Å². The number of nitrogens with zero attached hydrogens (tertiary/aromatic N) is 2. The van der Waals surface area contributed by atoms with Crippen molar-refractivity contribution in [3.8, 4) is 10.8 Å². The SMILES string of the molecule is COCc1noc(-c2sccc2C(C)C)n1. The molecule has 2 heterocycles. The summed E-state index contributed by atoms with van der Waals surface area (Å²) in [5, 5.41) is 5.90. The van der Waals surface area contributed by atoms with Crippen molar-refractivity contribution >= 4 is 11.3 Å². The highest BCUT2D eigenvalue weighted by atomic mass is 32.1. The van der Waals surface area contributed by atoms with Gasteiger partial charge in [-0.05, 0) is 22.9 Å². The minimum Gasteiger partial charge on any atom is -0.377 e. The van der Waals surface area contributed by atoms with E-state index in [-0.39, 0.29) is 0 Å². The molecule has 0 aliphatic carbocycles. The van der Waals surface area contributed by atoms with Gasteiger partial charge in [0, 0.05) is 7.11 Å². The van der Waals surface area contributed by atoms with Gasteiger partial charge in [-0.15, -0.1) is 11.3 Å². The van der Waals surface area contributed by atoms with Gasteiger partial charge in [0.05, 0.1) is 4.88 Å². The number of hydrogen-bond donors (Lipinski definition) is 0. The van der Waals surface area contributed by atoms with Crippen LogP contribution in [0.15, 0.2) is 16.0 Å². The van der Waals surface area contributed by atoms with E-state index in [9.17, 15) is 0 Å². The molecule has 5 heteroatoms. The first kappa shape index (κ1) is 11.3. The molecule has 0 bridgehead atoms. The third-order valence-electron chi connectivity index (χ3n) is 2.25. The van der Waals surface area contributed by atoms with Gasteiger partial charge in [0.25, 0.3) is 5.89 Å². The fourth-order valence-corrected chi connectivity index (χ4v) is 2.46. The van der Waals surface area contributed by atoms with Crippen LogP contribution in [0.2, 0.25) is 0 Å². The number of rotatable bonds is 4. The lowest BCUT2D eigenvalue weighted by molar-refractivity contribution is 0.174. The molecule has 2 rings (SSSR count). The van der Waals surface area contributed by atoms with E-state index < -0.39 is 0 Å². The van der Waals surface area contributed by atoms with Crippen molar-refractivity contribution in [2.24, 2.45) is 0 Å². The summed E-state index contributed by atoms with van der Waals surface area (Å²) in [6.45, 7) is 4.68. The lowest BCUT2D eigenvalue weighted by Gasteiger charge is -2.02. The highest BCUT2D eigenvalue weighted by molar-refractivity contribution is 7.13. The molecule has 0 fully saturated rings. The summed E-state index contributed by atoms with van der Waals surface area (Å²) in [5.41, 5.74) is 1.25. The summed E-state index contributed by atoms with van der Waals surface area (Å²) in [7, 11) is 1.61. The Morgan fingerprint density at radius 1 is 1.50 bits per heavy atom. The predicted octanol–water partition coefficient (Wildman–Crippen LogP) is 3.07. The molecule has 0 saturated carbocycles. The van der Waals surface area contributed by atoms with Crippen LogP contribution >= 0.6 is 11.3 Å². The normalized spacial score (nSPS) is 11.2. The second kappa shape index (κ2) is 4.76. The van der Waals surface area contributed by atoms with Crippen molar-refractivity contribution in [2.75, 3.05) is 7.11 Å². The van der Waals surface area contributed by atoms with Crippen LogP contribution in [-0.4, -0.2) is 17.3 Å². The van der Waals surface area contributed by atoms with Crippen LogP contribution in [0.4, 0.5) is 0 Å². The molecular formula is C11H14N2O2S. The number of thiophene rings is 1. The average Bonchev–Trinajstić information content (AvgIpc) is 2.83. The van der Waals surface area contributed by atoms with Crippen LogP contribution in [0.3, 0.4) is 0 Å². The molecule has 0 radical (unpaired) electrons. The van der Waals surface area contributed by atoms with E-state index in [1.807, 2.05) is 5.38 Å². The zero-order valence-electron chi connectivity index (χ0n) is 9.56. The first-order valence-corrected chi connectivity index (χ1v) is 5.99. The fraction of sp³-hybridized carbons (Fsp3) is 0.455. The molecule has 2 aromatic rings. The van der Waals surface area contributed by atoms with Gasteiger partial charge >= 0.3 is 0 Å². The summed E-state index contributed by atoms with van der Waals surface area (Å²) < 4.78 is 10.2. The molecule has 0 saturated heterocycles. The second-order valence-electron chi connectivity index (χ2n) is 3.81. The van der Waals surface area contributed by atoms with Crippen molar-refractivity contribution < 1.29 is 9.26 Å². The summed E-state index contributed by atoms with van der Waals surface area (Å²) >= 11 is 1.63. The minimum absolute atomic E-state index is 0.381. The highest BCUT2D eigenvalue weighted by Crippen LogP contribution is 2.32. The van der Waals surface area contributed by atoms with E-state index >= 15 is 0 Å². The van der Waals surface area contributed by atoms with Crippen LogP contribution in [0.5, 0.6) is 0 Å². The summed E-state index contributed by atoms with van der Waals surface area (Å²) in [6.07, 6.45) is 0. The van der Waals surface area contributed by atoms with Gasteiger partial charge in [0.1, 0.15) is 6.61 Å². The van der Waals surface area contributed by atoms with Crippen molar-refractivity contribution in [3.05, 3.63) is 22.8 Å². The molecule has 2 aromatic heterocycles. The van der Waals surface area contributed by atoms with Gasteiger partial charge in [-0.25, -0.2) is 0 Å². The molecule has 0 aliphatic rings. The summed E-state index contributed by atoms with van der Waals surface area (Å²) in [6, 6.07) is 2.10. The Balaban J connectivity index is 2.31. The van der Waals surface area contributed by atoms with E-state index in [1.165, 1.54) is 5.56 Å². The van der Waals surface area contributed by atoms with Crippen LogP contribution in [0.1, 0.15) is 31.2 Å². The van der Waals surface area contributed by atoms with E-state index in [4.69, 9.17) is 9.26 Å². The molecule has 0 N–H and O–H groups in total. The van der Waals surface area contributed by atoms with E-state index in [1.54, 1.807) is 18.4 Å². The Morgan fingerprint density at radius 3 is 3.00 bits per heavy atom. The zero-order chi connectivity index (χ0) is 11.5. The van der Waals surface area contributed by atoms with Crippen molar-refractivity contribution in [1.82, 2.24) is 10.1 Å². The van der Waals surface area contributed by atoms with Crippen molar-refractivity contribution in [1.29, 1.82) is 0 Å². The maximum Gasteiger partial charge on any atom is 0.268 e. The van der Waals surface area contributed by atoms with Crippen molar-refractivity contribution in [3.63, 3.8) is 0 Å². The van der Waals surface area contributed by atoms with Gasteiger partial charge in [-0.2, -0.15) is 4.98 Å². The molecule has 0 aliphatic heterocycles. The fourth-order valence-electron chi connectivity index (χ4n) is 1.48. The zero-order valence-corrected chi connectivity index (χ0v) is 10.4. The number of hydrogen-bond acceptors (Lipinski definition) is 5. The maximum atomic E-state index is 5.22. The molecule has 0 atom stereocenters. The van der Waals surface area contributed by atoms with Crippen LogP contribution in [0, 0.1) is 0 Å². The Bertz CT molecular complexity index is 462. The number of methoxy groups -OCH3 is 1. The topological polar surface area (TPSA) is 48.2 Å². The molecular weight excluding hydrogens is 224 g/mol. The average molecular weight is 238 g/mol. The Morgan fingerprint density at radius 2 is 2.31 bits per heavy atom. The predicted molar refractivity (Wildman–Crippen MR) is 62.4 cm³/mol. The Hall–Kier alpha value is -1.20. The van der Waals surface area contributed by atoms with Gasteiger partial charge in [0.2, 0.25) is 0 Å². The van der Waals surface area contributed by atoms with Gasteiger partial charge in [0.15, 0.2) is 5.82 Å². The first-order chi connectivity index (χ1) is 7.72. The lowest BCUT2D eigenvalue weighted by atomic mass is 10.0. The largest absolute Gasteiger partial charge is 0.377 e. The highest BCUT2D eigenvalue weighted by Gasteiger charge is 2.16. The van der Waals surface area contributed by atoms with E-state index in [0.717, 1.165) is 4.88 Å². The lowest BCUT2D eigenvalue weighted by Crippen LogP contribution is -1.90. The van der Waals surface area contributed by atoms with E-state index in [0.29, 0.717) is 24.2 Å². The van der Waals surface area contributed by atoms with Crippen molar-refractivity contribution in [2.45, 2.75) is 26.4 Å². The molecule has 0 aromatic carbocycles. The third-order valence-corrected chi connectivity index (χ3v) is 3.17. The molecule has 0 unspecified atom stereocenters. The van der Waals surface area contributed by atoms with Gasteiger partial charge in [-0.3, -0.25) is 0 Å². The number of ether oxygens (including phenoxy) is 1. The molecule has 0 spiro atoms. The quantitative estimate of drug-likeness (QED) is 0.821. The second-order valence-corrected chi connectivity index (χ2v) is 4.72. The first-order valence-electron chi connectivity index (χ1n) is 5.11. The van der Waals surface area contributed by atoms with Crippen LogP contribution in [0.25, 0.3) is 10.8 Å². The summed E-state index contributed by atoms with van der Waals surface area (Å²) in [5.74, 6) is 1.63. The molecule has 4 nitrogen and oxygen atoms in total.